The summed E-state index contributed by atoms with van der Waals surface area (Å²) in [6.45, 7) is 4.45. The predicted octanol–water partition coefficient (Wildman–Crippen LogP) is 5.92. The second-order valence-corrected chi connectivity index (χ2v) is 7.10. The van der Waals surface area contributed by atoms with Crippen molar-refractivity contribution in [3.05, 3.63) is 83.9 Å². The van der Waals surface area contributed by atoms with Crippen molar-refractivity contribution >= 4 is 28.2 Å². The normalized spacial score (nSPS) is 10.7. The third kappa shape index (κ3) is 4.01. The Morgan fingerprint density at radius 1 is 0.900 bits per heavy atom. The van der Waals surface area contributed by atoms with Gasteiger partial charge in [-0.25, -0.2) is 4.79 Å². The Balaban J connectivity index is 1.69. The summed E-state index contributed by atoms with van der Waals surface area (Å²) in [5.41, 5.74) is 4.34. The Hall–Kier alpha value is -3.73. The molecule has 0 bridgehead atoms. The van der Waals surface area contributed by atoms with E-state index in [-0.39, 0.29) is 5.97 Å². The summed E-state index contributed by atoms with van der Waals surface area (Å²) in [6, 6.07) is 23.4. The number of fused-ring (bicyclic) bond motifs is 1. The van der Waals surface area contributed by atoms with Crippen molar-refractivity contribution in [2.75, 3.05) is 11.9 Å². The molecule has 0 saturated heterocycles. The summed E-state index contributed by atoms with van der Waals surface area (Å²) in [4.78, 5) is 12.1. The van der Waals surface area contributed by atoms with E-state index in [1.807, 2.05) is 61.5 Å². The Kier molecular flexibility index (Phi) is 5.70. The van der Waals surface area contributed by atoms with Crippen molar-refractivity contribution in [2.24, 2.45) is 0 Å². The first-order chi connectivity index (χ1) is 14.7. The number of para-hydroxylation sites is 1. The van der Waals surface area contributed by atoms with Gasteiger partial charge in [-0.05, 0) is 37.1 Å². The van der Waals surface area contributed by atoms with Crippen LogP contribution < -0.4 is 5.32 Å². The van der Waals surface area contributed by atoms with E-state index in [2.05, 4.69) is 28.5 Å². The molecule has 3 aromatic carbocycles. The molecule has 5 heteroatoms. The van der Waals surface area contributed by atoms with Gasteiger partial charge in [0.2, 0.25) is 0 Å². The number of carbonyl (C=O) groups excluding carboxylic acids is 1. The summed E-state index contributed by atoms with van der Waals surface area (Å²) in [5, 5.41) is 14.3. The van der Waals surface area contributed by atoms with E-state index in [1.54, 1.807) is 12.1 Å². The van der Waals surface area contributed by atoms with E-state index >= 15 is 0 Å². The number of aromatic nitrogens is 2. The van der Waals surface area contributed by atoms with Gasteiger partial charge in [0.15, 0.2) is 5.82 Å². The van der Waals surface area contributed by atoms with Crippen LogP contribution in [0.3, 0.4) is 0 Å². The van der Waals surface area contributed by atoms with Crippen molar-refractivity contribution in [1.29, 1.82) is 0 Å². The molecular formula is C25H23N3O2. The molecule has 4 aromatic rings. The van der Waals surface area contributed by atoms with Gasteiger partial charge in [-0.3, -0.25) is 0 Å². The Morgan fingerprint density at radius 3 is 2.33 bits per heavy atom. The van der Waals surface area contributed by atoms with Crippen LogP contribution in [-0.2, 0) is 4.74 Å². The summed E-state index contributed by atoms with van der Waals surface area (Å²) < 4.78 is 5.20. The molecule has 0 aliphatic carbocycles. The molecule has 0 unspecified atom stereocenters. The second kappa shape index (κ2) is 8.74. The van der Waals surface area contributed by atoms with Crippen molar-refractivity contribution in [2.45, 2.75) is 20.3 Å². The van der Waals surface area contributed by atoms with Crippen molar-refractivity contribution in [1.82, 2.24) is 10.2 Å². The molecule has 1 aromatic heterocycles. The third-order valence-corrected chi connectivity index (χ3v) is 4.92. The maximum atomic E-state index is 12.1. The van der Waals surface area contributed by atoms with Crippen LogP contribution in [-0.4, -0.2) is 22.8 Å². The van der Waals surface area contributed by atoms with Gasteiger partial charge in [0, 0.05) is 22.0 Å². The summed E-state index contributed by atoms with van der Waals surface area (Å²) in [7, 11) is 0. The van der Waals surface area contributed by atoms with Crippen LogP contribution in [0.15, 0.2) is 72.8 Å². The average Bonchev–Trinajstić information content (AvgIpc) is 2.79. The van der Waals surface area contributed by atoms with Gasteiger partial charge < -0.3 is 10.1 Å². The molecule has 0 aliphatic rings. The third-order valence-electron chi connectivity index (χ3n) is 4.92. The van der Waals surface area contributed by atoms with Crippen LogP contribution in [0.5, 0.6) is 0 Å². The average molecular weight is 397 g/mol. The zero-order valence-corrected chi connectivity index (χ0v) is 17.1. The minimum absolute atomic E-state index is 0.308. The van der Waals surface area contributed by atoms with Crippen LogP contribution in [0.1, 0.15) is 29.3 Å². The number of nitrogens with zero attached hydrogens (tertiary/aromatic N) is 2. The number of esters is 1. The molecule has 4 rings (SSSR count). The van der Waals surface area contributed by atoms with Gasteiger partial charge in [-0.1, -0.05) is 61.5 Å². The SMILES string of the molecule is CCCOC(=O)c1ccc(-c2nnc(Nc3ccccc3C)c3ccccc23)cc1. The van der Waals surface area contributed by atoms with Crippen LogP contribution in [0, 0.1) is 6.92 Å². The van der Waals surface area contributed by atoms with E-state index in [0.29, 0.717) is 18.0 Å². The highest BCUT2D eigenvalue weighted by atomic mass is 16.5. The lowest BCUT2D eigenvalue weighted by atomic mass is 10.0. The first kappa shape index (κ1) is 19.6. The van der Waals surface area contributed by atoms with Crippen molar-refractivity contribution < 1.29 is 9.53 Å². The maximum absolute atomic E-state index is 12.1. The smallest absolute Gasteiger partial charge is 0.338 e. The van der Waals surface area contributed by atoms with Gasteiger partial charge in [0.1, 0.15) is 5.69 Å². The molecule has 0 fully saturated rings. The number of carbonyl (C=O) groups is 1. The zero-order valence-electron chi connectivity index (χ0n) is 17.1. The zero-order chi connectivity index (χ0) is 20.9. The molecule has 5 nitrogen and oxygen atoms in total. The molecule has 0 aliphatic heterocycles. The topological polar surface area (TPSA) is 64.1 Å². The predicted molar refractivity (Wildman–Crippen MR) is 120 cm³/mol. The molecule has 0 atom stereocenters. The van der Waals surface area contributed by atoms with Crippen LogP contribution in [0.25, 0.3) is 22.0 Å². The molecule has 1 N–H and O–H groups in total. The fourth-order valence-electron chi connectivity index (χ4n) is 3.29. The number of nitrogens with one attached hydrogen (secondary N) is 1. The van der Waals surface area contributed by atoms with E-state index in [9.17, 15) is 4.79 Å². The second-order valence-electron chi connectivity index (χ2n) is 7.10. The van der Waals surface area contributed by atoms with Gasteiger partial charge in [-0.15, -0.1) is 10.2 Å². The van der Waals surface area contributed by atoms with Crippen LogP contribution >= 0.6 is 0 Å². The van der Waals surface area contributed by atoms with Gasteiger partial charge >= 0.3 is 5.97 Å². The van der Waals surface area contributed by atoms with Crippen LogP contribution in [0.4, 0.5) is 11.5 Å². The monoisotopic (exact) mass is 397 g/mol. The van der Waals surface area contributed by atoms with Gasteiger partial charge in [0.05, 0.1) is 12.2 Å². The standard InChI is InChI=1S/C25H23N3O2/c1-3-16-30-25(29)19-14-12-18(13-15-19)23-20-9-5-6-10-21(20)24(28-27-23)26-22-11-7-4-8-17(22)2/h4-15H,3,16H2,1-2H3,(H,26,28). The highest BCUT2D eigenvalue weighted by molar-refractivity contribution is 6.01. The van der Waals surface area contributed by atoms with E-state index in [4.69, 9.17) is 4.74 Å². The Morgan fingerprint density at radius 2 is 1.60 bits per heavy atom. The van der Waals surface area contributed by atoms with E-state index in [1.165, 1.54) is 0 Å². The quantitative estimate of drug-likeness (QED) is 0.409. The molecule has 1 heterocycles. The summed E-state index contributed by atoms with van der Waals surface area (Å²) in [5.74, 6) is 0.403. The lowest BCUT2D eigenvalue weighted by Crippen LogP contribution is -2.05. The van der Waals surface area contributed by atoms with E-state index < -0.39 is 0 Å². The minimum Gasteiger partial charge on any atom is -0.462 e. The summed E-state index contributed by atoms with van der Waals surface area (Å²) >= 11 is 0. The highest BCUT2D eigenvalue weighted by Gasteiger charge is 2.13. The van der Waals surface area contributed by atoms with Gasteiger partial charge in [-0.2, -0.15) is 0 Å². The molecule has 150 valence electrons. The Labute approximate surface area is 175 Å². The first-order valence-electron chi connectivity index (χ1n) is 10.0. The van der Waals surface area contributed by atoms with Crippen molar-refractivity contribution in [3.63, 3.8) is 0 Å². The fourth-order valence-corrected chi connectivity index (χ4v) is 3.29. The number of hydrogen-bond acceptors (Lipinski definition) is 5. The lowest BCUT2D eigenvalue weighted by molar-refractivity contribution is 0.0505. The summed E-state index contributed by atoms with van der Waals surface area (Å²) in [6.07, 6.45) is 0.800. The number of rotatable bonds is 6. The minimum atomic E-state index is -0.308. The molecule has 0 saturated carbocycles. The van der Waals surface area contributed by atoms with Gasteiger partial charge in [0.25, 0.3) is 0 Å². The number of hydrogen-bond donors (Lipinski definition) is 1. The molecule has 0 radical (unpaired) electrons. The van der Waals surface area contributed by atoms with Crippen LogP contribution in [0.2, 0.25) is 0 Å². The van der Waals surface area contributed by atoms with E-state index in [0.717, 1.165) is 39.7 Å². The number of ether oxygens (including phenoxy) is 1. The largest absolute Gasteiger partial charge is 0.462 e. The number of aryl methyl sites for hydroxylation is 1. The number of anilines is 2. The fraction of sp³-hybridized carbons (Fsp3) is 0.160. The first-order valence-corrected chi connectivity index (χ1v) is 10.0. The van der Waals surface area contributed by atoms with Crippen molar-refractivity contribution in [3.8, 4) is 11.3 Å². The molecule has 0 amide bonds. The Bertz CT molecular complexity index is 1190. The molecule has 30 heavy (non-hydrogen) atoms. The molecular weight excluding hydrogens is 374 g/mol. The lowest BCUT2D eigenvalue weighted by Gasteiger charge is -2.13. The maximum Gasteiger partial charge on any atom is 0.338 e. The number of benzene rings is 3. The highest BCUT2D eigenvalue weighted by Crippen LogP contribution is 2.31. The molecule has 0 spiro atoms.